The van der Waals surface area contributed by atoms with Crippen molar-refractivity contribution >= 4 is 23.2 Å². The van der Waals surface area contributed by atoms with Gasteiger partial charge in [0.1, 0.15) is 0 Å². The summed E-state index contributed by atoms with van der Waals surface area (Å²) in [5.74, 6) is 4.52. The molecule has 0 aliphatic heterocycles. The maximum absolute atomic E-state index is 11.4. The van der Waals surface area contributed by atoms with Crippen molar-refractivity contribution in [3.8, 4) is 0 Å². The van der Waals surface area contributed by atoms with Crippen LogP contribution in [-0.4, -0.2) is 29.3 Å². The number of nitrogens with zero attached hydrogens (tertiary/aromatic N) is 1. The number of carbonyl (C=O) groups is 2. The maximum Gasteiger partial charge on any atom is 0.275 e. The van der Waals surface area contributed by atoms with Crippen LogP contribution in [0.3, 0.4) is 0 Å². The molecule has 1 saturated carbocycles. The molecule has 0 aromatic carbocycles. The molecule has 2 rings (SSSR count). The standard InChI is InChI=1S/C13H20N4O2S/c14-12(18)8-17(9-3-1-2-4-9)7-10-5-6-11(20-10)13(19)16-15/h5-6,9H,1-4,7-8,15H2,(H2,14,18)(H,16,19). The number of nitrogens with one attached hydrogen (secondary N) is 1. The number of nitrogen functional groups attached to an aromatic ring is 1. The molecule has 0 spiro atoms. The molecule has 1 aromatic heterocycles. The van der Waals surface area contributed by atoms with E-state index in [0.29, 0.717) is 17.5 Å². The first kappa shape index (κ1) is 15.0. The van der Waals surface area contributed by atoms with Gasteiger partial charge in [-0.3, -0.25) is 19.9 Å². The lowest BCUT2D eigenvalue weighted by Gasteiger charge is -2.26. The quantitative estimate of drug-likeness (QED) is 0.406. The van der Waals surface area contributed by atoms with Gasteiger partial charge in [-0.2, -0.15) is 0 Å². The molecule has 110 valence electrons. The summed E-state index contributed by atoms with van der Waals surface area (Å²) in [7, 11) is 0. The van der Waals surface area contributed by atoms with Crippen LogP contribution in [0.5, 0.6) is 0 Å². The molecular formula is C13H20N4O2S. The van der Waals surface area contributed by atoms with E-state index in [9.17, 15) is 9.59 Å². The lowest BCUT2D eigenvalue weighted by molar-refractivity contribution is -0.119. The Morgan fingerprint density at radius 2 is 2.05 bits per heavy atom. The fourth-order valence-electron chi connectivity index (χ4n) is 2.64. The first-order chi connectivity index (χ1) is 9.60. The smallest absolute Gasteiger partial charge is 0.275 e. The third-order valence-corrected chi connectivity index (χ3v) is 4.64. The number of amides is 2. The number of nitrogens with two attached hydrogens (primary N) is 2. The fourth-order valence-corrected chi connectivity index (χ4v) is 3.58. The van der Waals surface area contributed by atoms with Gasteiger partial charge >= 0.3 is 0 Å². The summed E-state index contributed by atoms with van der Waals surface area (Å²) in [5, 5.41) is 0. The Kier molecular flexibility index (Phi) is 5.11. The molecule has 1 aromatic rings. The lowest BCUT2D eigenvalue weighted by atomic mass is 10.2. The zero-order valence-electron chi connectivity index (χ0n) is 11.3. The normalized spacial score (nSPS) is 15.7. The van der Waals surface area contributed by atoms with E-state index in [2.05, 4.69) is 10.3 Å². The molecule has 1 aliphatic rings. The van der Waals surface area contributed by atoms with Crippen molar-refractivity contribution in [2.24, 2.45) is 11.6 Å². The number of hydrogen-bond acceptors (Lipinski definition) is 5. The molecule has 0 unspecified atom stereocenters. The molecule has 20 heavy (non-hydrogen) atoms. The highest BCUT2D eigenvalue weighted by molar-refractivity contribution is 7.14. The second-order valence-electron chi connectivity index (χ2n) is 5.05. The summed E-state index contributed by atoms with van der Waals surface area (Å²) >= 11 is 1.39. The van der Waals surface area contributed by atoms with E-state index < -0.39 is 0 Å². The van der Waals surface area contributed by atoms with E-state index in [0.717, 1.165) is 17.7 Å². The first-order valence-electron chi connectivity index (χ1n) is 6.72. The van der Waals surface area contributed by atoms with Crippen molar-refractivity contribution in [2.75, 3.05) is 6.54 Å². The number of primary amides is 1. The van der Waals surface area contributed by atoms with Crippen molar-refractivity contribution in [3.63, 3.8) is 0 Å². The second kappa shape index (κ2) is 6.83. The SMILES string of the molecule is NNC(=O)c1ccc(CN(CC(N)=O)C2CCCC2)s1. The Hall–Kier alpha value is -1.44. The van der Waals surface area contributed by atoms with Gasteiger partial charge in [-0.25, -0.2) is 5.84 Å². The summed E-state index contributed by atoms with van der Waals surface area (Å²) in [5.41, 5.74) is 7.45. The molecule has 0 atom stereocenters. The monoisotopic (exact) mass is 296 g/mol. The summed E-state index contributed by atoms with van der Waals surface area (Å²) in [6.45, 7) is 0.914. The number of thiophene rings is 1. The first-order valence-corrected chi connectivity index (χ1v) is 7.54. The Labute approximate surface area is 122 Å². The summed E-state index contributed by atoms with van der Waals surface area (Å²) in [4.78, 5) is 26.4. The van der Waals surface area contributed by atoms with Crippen LogP contribution in [0.25, 0.3) is 0 Å². The van der Waals surface area contributed by atoms with Crippen LogP contribution in [0.2, 0.25) is 0 Å². The van der Waals surface area contributed by atoms with Crippen molar-refractivity contribution in [2.45, 2.75) is 38.3 Å². The van der Waals surface area contributed by atoms with Gasteiger partial charge in [0.05, 0.1) is 11.4 Å². The summed E-state index contributed by atoms with van der Waals surface area (Å²) in [6.07, 6.45) is 4.61. The van der Waals surface area contributed by atoms with E-state index in [1.54, 1.807) is 6.07 Å². The molecule has 0 bridgehead atoms. The van der Waals surface area contributed by atoms with Gasteiger partial charge in [-0.1, -0.05) is 12.8 Å². The molecule has 1 aliphatic carbocycles. The average molecular weight is 296 g/mol. The van der Waals surface area contributed by atoms with E-state index in [1.165, 1.54) is 24.2 Å². The predicted molar refractivity (Wildman–Crippen MR) is 77.8 cm³/mol. The minimum Gasteiger partial charge on any atom is -0.369 e. The highest BCUT2D eigenvalue weighted by Crippen LogP contribution is 2.26. The minimum absolute atomic E-state index is 0.265. The van der Waals surface area contributed by atoms with E-state index in [4.69, 9.17) is 11.6 Å². The van der Waals surface area contributed by atoms with Gasteiger partial charge in [0.25, 0.3) is 5.91 Å². The van der Waals surface area contributed by atoms with Crippen molar-refractivity contribution < 1.29 is 9.59 Å². The highest BCUT2D eigenvalue weighted by Gasteiger charge is 2.24. The molecule has 0 saturated heterocycles. The molecule has 6 nitrogen and oxygen atoms in total. The minimum atomic E-state index is -0.312. The number of hydrogen-bond donors (Lipinski definition) is 3. The third-order valence-electron chi connectivity index (χ3n) is 3.58. The second-order valence-corrected chi connectivity index (χ2v) is 6.22. The Bertz CT molecular complexity index is 482. The Balaban J connectivity index is 2.04. The third kappa shape index (κ3) is 3.78. The zero-order valence-corrected chi connectivity index (χ0v) is 12.1. The molecule has 5 N–H and O–H groups in total. The molecule has 7 heteroatoms. The number of hydrazine groups is 1. The fraction of sp³-hybridized carbons (Fsp3) is 0.538. The van der Waals surface area contributed by atoms with E-state index in [1.807, 2.05) is 6.07 Å². The van der Waals surface area contributed by atoms with Gasteiger partial charge in [0.15, 0.2) is 0 Å². The highest BCUT2D eigenvalue weighted by atomic mass is 32.1. The van der Waals surface area contributed by atoms with Gasteiger partial charge < -0.3 is 5.73 Å². The van der Waals surface area contributed by atoms with E-state index in [-0.39, 0.29) is 18.4 Å². The number of carbonyl (C=O) groups excluding carboxylic acids is 2. The average Bonchev–Trinajstić information content (AvgIpc) is 3.07. The van der Waals surface area contributed by atoms with Crippen LogP contribution in [0.15, 0.2) is 12.1 Å². The maximum atomic E-state index is 11.4. The topological polar surface area (TPSA) is 101 Å². The summed E-state index contributed by atoms with van der Waals surface area (Å²) in [6, 6.07) is 4.06. The van der Waals surface area contributed by atoms with Crippen LogP contribution in [0.4, 0.5) is 0 Å². The van der Waals surface area contributed by atoms with Crippen molar-refractivity contribution in [1.82, 2.24) is 10.3 Å². The van der Waals surface area contributed by atoms with Crippen molar-refractivity contribution in [1.29, 1.82) is 0 Å². The summed E-state index contributed by atoms with van der Waals surface area (Å²) < 4.78 is 0. The van der Waals surface area contributed by atoms with Crippen LogP contribution >= 0.6 is 11.3 Å². The van der Waals surface area contributed by atoms with Crippen LogP contribution < -0.4 is 17.0 Å². The Morgan fingerprint density at radius 1 is 1.35 bits per heavy atom. The molecule has 2 amide bonds. The van der Waals surface area contributed by atoms with Crippen LogP contribution in [0.1, 0.15) is 40.2 Å². The van der Waals surface area contributed by atoms with Crippen LogP contribution in [-0.2, 0) is 11.3 Å². The molecule has 1 fully saturated rings. The Morgan fingerprint density at radius 3 is 2.65 bits per heavy atom. The van der Waals surface area contributed by atoms with Gasteiger partial charge in [-0.05, 0) is 25.0 Å². The zero-order chi connectivity index (χ0) is 14.5. The lowest BCUT2D eigenvalue weighted by Crippen LogP contribution is -2.39. The van der Waals surface area contributed by atoms with Gasteiger partial charge in [-0.15, -0.1) is 11.3 Å². The van der Waals surface area contributed by atoms with Gasteiger partial charge in [0, 0.05) is 17.5 Å². The van der Waals surface area contributed by atoms with Gasteiger partial charge in [0.2, 0.25) is 5.91 Å². The predicted octanol–water partition coefficient (Wildman–Crippen LogP) is 0.581. The van der Waals surface area contributed by atoms with E-state index >= 15 is 0 Å². The number of rotatable bonds is 6. The molecule has 1 heterocycles. The van der Waals surface area contributed by atoms with Crippen LogP contribution in [0, 0.1) is 0 Å². The largest absolute Gasteiger partial charge is 0.369 e. The van der Waals surface area contributed by atoms with Crippen molar-refractivity contribution in [3.05, 3.63) is 21.9 Å². The molecule has 0 radical (unpaired) electrons. The molecular weight excluding hydrogens is 276 g/mol.